The number of hydrogen-bond acceptors (Lipinski definition) is 3. The molecule has 0 N–H and O–H groups in total. The van der Waals surface area contributed by atoms with Crippen LogP contribution in [0, 0.1) is 5.92 Å². The number of fused-ring (bicyclic) bond motifs is 1. The van der Waals surface area contributed by atoms with Gasteiger partial charge in [-0.3, -0.25) is 14.6 Å². The maximum atomic E-state index is 12.6. The first-order valence-electron chi connectivity index (χ1n) is 11.0. The molecule has 2 fully saturated rings. The molecule has 148 valence electrons. The van der Waals surface area contributed by atoms with E-state index in [0.717, 1.165) is 19.5 Å². The Morgan fingerprint density at radius 1 is 1.00 bits per heavy atom. The molecular formula is C23H35N3O. The molecule has 4 rings (SSSR count). The Labute approximate surface area is 164 Å². The maximum Gasteiger partial charge on any atom is 0.226 e. The first kappa shape index (κ1) is 18.9. The second-order valence-electron chi connectivity index (χ2n) is 8.78. The van der Waals surface area contributed by atoms with Crippen molar-refractivity contribution in [2.24, 2.45) is 5.92 Å². The topological polar surface area (TPSA) is 26.8 Å². The summed E-state index contributed by atoms with van der Waals surface area (Å²) < 4.78 is 0. The molecule has 1 aromatic rings. The molecule has 1 aromatic carbocycles. The average molecular weight is 370 g/mol. The predicted molar refractivity (Wildman–Crippen MR) is 110 cm³/mol. The first-order valence-corrected chi connectivity index (χ1v) is 11.0. The quantitative estimate of drug-likeness (QED) is 0.817. The Bertz CT molecular complexity index is 628. The van der Waals surface area contributed by atoms with Crippen molar-refractivity contribution in [2.45, 2.75) is 57.5 Å². The summed E-state index contributed by atoms with van der Waals surface area (Å²) in [4.78, 5) is 19.8. The lowest BCUT2D eigenvalue weighted by Gasteiger charge is -2.43. The van der Waals surface area contributed by atoms with Crippen molar-refractivity contribution in [3.63, 3.8) is 0 Å². The first-order chi connectivity index (χ1) is 13.2. The largest absolute Gasteiger partial charge is 0.346 e. The number of amides is 1. The second-order valence-corrected chi connectivity index (χ2v) is 8.78. The van der Waals surface area contributed by atoms with E-state index < -0.39 is 0 Å². The third-order valence-electron chi connectivity index (χ3n) is 7.21. The van der Waals surface area contributed by atoms with Crippen molar-refractivity contribution in [2.75, 3.05) is 39.8 Å². The summed E-state index contributed by atoms with van der Waals surface area (Å²) in [6.07, 6.45) is 7.22. The van der Waals surface area contributed by atoms with Gasteiger partial charge in [0.1, 0.15) is 0 Å². The second kappa shape index (κ2) is 8.32. The number of rotatable bonds is 4. The normalized spacial score (nSPS) is 25.5. The summed E-state index contributed by atoms with van der Waals surface area (Å²) >= 11 is 0. The Morgan fingerprint density at radius 3 is 2.30 bits per heavy atom. The molecule has 3 aliphatic rings. The monoisotopic (exact) mass is 369 g/mol. The highest BCUT2D eigenvalue weighted by atomic mass is 16.2. The molecule has 0 unspecified atom stereocenters. The summed E-state index contributed by atoms with van der Waals surface area (Å²) in [6, 6.07) is 10.3. The van der Waals surface area contributed by atoms with Gasteiger partial charge in [0.25, 0.3) is 0 Å². The van der Waals surface area contributed by atoms with Gasteiger partial charge in [0.15, 0.2) is 0 Å². The Morgan fingerprint density at radius 2 is 1.67 bits per heavy atom. The summed E-state index contributed by atoms with van der Waals surface area (Å²) in [5.74, 6) is 0.564. The van der Waals surface area contributed by atoms with Crippen LogP contribution in [0.5, 0.6) is 0 Å². The molecule has 2 aliphatic heterocycles. The SMILES string of the molecule is CCN(C)C(=O)[C@@H]1CCCN(C2CCN(C3Cc4ccccc4C3)CC2)C1. The fourth-order valence-corrected chi connectivity index (χ4v) is 5.42. The van der Waals surface area contributed by atoms with Gasteiger partial charge in [-0.15, -0.1) is 0 Å². The van der Waals surface area contributed by atoms with Gasteiger partial charge in [-0.2, -0.15) is 0 Å². The molecule has 1 amide bonds. The third kappa shape index (κ3) is 4.07. The van der Waals surface area contributed by atoms with Crippen molar-refractivity contribution in [1.29, 1.82) is 0 Å². The van der Waals surface area contributed by atoms with E-state index in [1.165, 1.54) is 51.7 Å². The molecule has 1 atom stereocenters. The third-order valence-corrected chi connectivity index (χ3v) is 7.21. The molecule has 0 saturated carbocycles. The minimum Gasteiger partial charge on any atom is -0.346 e. The standard InChI is InChI=1S/C23H35N3O/c1-3-24(2)23(27)20-9-6-12-26(17-20)21-10-13-25(14-11-21)22-15-18-7-4-5-8-19(18)16-22/h4-5,7-8,20-22H,3,6,9-17H2,1-2H3/t20-/m1/s1. The molecule has 0 spiro atoms. The van der Waals surface area contributed by atoms with Gasteiger partial charge >= 0.3 is 0 Å². The number of hydrogen-bond donors (Lipinski definition) is 0. The lowest BCUT2D eigenvalue weighted by atomic mass is 9.92. The van der Waals surface area contributed by atoms with E-state index in [-0.39, 0.29) is 5.92 Å². The van der Waals surface area contributed by atoms with Crippen LogP contribution >= 0.6 is 0 Å². The highest BCUT2D eigenvalue weighted by molar-refractivity contribution is 5.78. The van der Waals surface area contributed by atoms with Gasteiger partial charge in [0.05, 0.1) is 5.92 Å². The number of carbonyl (C=O) groups excluding carboxylic acids is 1. The van der Waals surface area contributed by atoms with E-state index in [1.807, 2.05) is 11.9 Å². The van der Waals surface area contributed by atoms with Crippen molar-refractivity contribution >= 4 is 5.91 Å². The van der Waals surface area contributed by atoms with Gasteiger partial charge < -0.3 is 4.90 Å². The van der Waals surface area contributed by atoms with Gasteiger partial charge in [-0.05, 0) is 76.2 Å². The number of piperidine rings is 2. The Kier molecular flexibility index (Phi) is 5.84. The Balaban J connectivity index is 1.29. The molecule has 27 heavy (non-hydrogen) atoms. The van der Waals surface area contributed by atoms with Crippen LogP contribution in [0.3, 0.4) is 0 Å². The smallest absolute Gasteiger partial charge is 0.226 e. The van der Waals surface area contributed by atoms with Crippen molar-refractivity contribution in [3.05, 3.63) is 35.4 Å². The van der Waals surface area contributed by atoms with E-state index in [9.17, 15) is 4.79 Å². The molecule has 2 saturated heterocycles. The number of benzene rings is 1. The van der Waals surface area contributed by atoms with Crippen LogP contribution < -0.4 is 0 Å². The lowest BCUT2D eigenvalue weighted by molar-refractivity contribution is -0.136. The van der Waals surface area contributed by atoms with Crippen LogP contribution in [-0.2, 0) is 17.6 Å². The van der Waals surface area contributed by atoms with Gasteiger partial charge in [0, 0.05) is 32.2 Å². The van der Waals surface area contributed by atoms with Crippen LogP contribution in [0.15, 0.2) is 24.3 Å². The van der Waals surface area contributed by atoms with Crippen LogP contribution in [0.2, 0.25) is 0 Å². The summed E-state index contributed by atoms with van der Waals surface area (Å²) in [5, 5.41) is 0. The molecular weight excluding hydrogens is 334 g/mol. The minimum atomic E-state index is 0.214. The predicted octanol–water partition coefficient (Wildman–Crippen LogP) is 2.81. The zero-order chi connectivity index (χ0) is 18.8. The van der Waals surface area contributed by atoms with E-state index in [4.69, 9.17) is 0 Å². The van der Waals surface area contributed by atoms with Crippen molar-refractivity contribution in [3.8, 4) is 0 Å². The van der Waals surface area contributed by atoms with Crippen LogP contribution in [0.4, 0.5) is 0 Å². The van der Waals surface area contributed by atoms with Crippen molar-refractivity contribution in [1.82, 2.24) is 14.7 Å². The Hall–Kier alpha value is -1.39. The molecule has 1 aliphatic carbocycles. The number of likely N-dealkylation sites (tertiary alicyclic amines) is 2. The average Bonchev–Trinajstić information content (AvgIpc) is 3.17. The molecule has 0 aromatic heterocycles. The number of nitrogens with zero attached hydrogens (tertiary/aromatic N) is 3. The fraction of sp³-hybridized carbons (Fsp3) is 0.696. The van der Waals surface area contributed by atoms with Gasteiger partial charge in [0.2, 0.25) is 5.91 Å². The molecule has 2 heterocycles. The molecule has 4 nitrogen and oxygen atoms in total. The summed E-state index contributed by atoms with van der Waals surface area (Å²) in [5.41, 5.74) is 3.11. The zero-order valence-corrected chi connectivity index (χ0v) is 17.1. The maximum absolute atomic E-state index is 12.6. The fourth-order valence-electron chi connectivity index (χ4n) is 5.42. The van der Waals surface area contributed by atoms with Gasteiger partial charge in [-0.25, -0.2) is 0 Å². The highest BCUT2D eigenvalue weighted by Crippen LogP contribution is 2.30. The van der Waals surface area contributed by atoms with Crippen LogP contribution in [-0.4, -0.2) is 72.5 Å². The van der Waals surface area contributed by atoms with Gasteiger partial charge in [-0.1, -0.05) is 24.3 Å². The molecule has 4 heteroatoms. The highest BCUT2D eigenvalue weighted by Gasteiger charge is 2.34. The van der Waals surface area contributed by atoms with E-state index in [1.54, 1.807) is 11.1 Å². The summed E-state index contributed by atoms with van der Waals surface area (Å²) in [6.45, 7) is 7.47. The van der Waals surface area contributed by atoms with Crippen LogP contribution in [0.1, 0.15) is 43.7 Å². The number of carbonyl (C=O) groups is 1. The lowest BCUT2D eigenvalue weighted by Crippen LogP contribution is -2.52. The van der Waals surface area contributed by atoms with E-state index >= 15 is 0 Å². The van der Waals surface area contributed by atoms with Crippen molar-refractivity contribution < 1.29 is 4.79 Å². The molecule has 0 bridgehead atoms. The zero-order valence-electron chi connectivity index (χ0n) is 17.1. The van der Waals surface area contributed by atoms with E-state index in [0.29, 0.717) is 18.0 Å². The van der Waals surface area contributed by atoms with Crippen LogP contribution in [0.25, 0.3) is 0 Å². The minimum absolute atomic E-state index is 0.214. The molecule has 0 radical (unpaired) electrons. The summed E-state index contributed by atoms with van der Waals surface area (Å²) in [7, 11) is 1.94. The van der Waals surface area contributed by atoms with E-state index in [2.05, 4.69) is 41.0 Å².